The molecule has 0 bridgehead atoms. The second kappa shape index (κ2) is 4.87. The van der Waals surface area contributed by atoms with Gasteiger partial charge in [0.25, 0.3) is 0 Å². The molecule has 0 atom stereocenters. The highest BCUT2D eigenvalue weighted by molar-refractivity contribution is 7.13. The zero-order chi connectivity index (χ0) is 13.3. The summed E-state index contributed by atoms with van der Waals surface area (Å²) in [6.07, 6.45) is 0. The van der Waals surface area contributed by atoms with Gasteiger partial charge in [0.1, 0.15) is 0 Å². The van der Waals surface area contributed by atoms with Crippen molar-refractivity contribution in [2.75, 3.05) is 6.54 Å². The van der Waals surface area contributed by atoms with E-state index in [2.05, 4.69) is 57.3 Å². The maximum atomic E-state index is 5.84. The molecule has 2 N–H and O–H groups in total. The van der Waals surface area contributed by atoms with Crippen LogP contribution in [0.1, 0.15) is 30.5 Å². The highest BCUT2D eigenvalue weighted by Crippen LogP contribution is 2.34. The first-order valence-corrected chi connectivity index (χ1v) is 7.19. The lowest BCUT2D eigenvalue weighted by Gasteiger charge is -2.20. The Bertz CT molecular complexity index is 552. The monoisotopic (exact) mass is 259 g/mol. The van der Waals surface area contributed by atoms with Crippen LogP contribution >= 0.6 is 11.3 Å². The molecular weight excluding hydrogens is 238 g/mol. The molecule has 96 valence electrons. The van der Waals surface area contributed by atoms with Crippen LogP contribution in [0.25, 0.3) is 10.4 Å². The van der Waals surface area contributed by atoms with Crippen molar-refractivity contribution in [2.45, 2.75) is 33.1 Å². The third-order valence-corrected chi connectivity index (χ3v) is 4.51. The average molecular weight is 259 g/mol. The van der Waals surface area contributed by atoms with E-state index in [-0.39, 0.29) is 5.41 Å². The van der Waals surface area contributed by atoms with Gasteiger partial charge in [0.05, 0.1) is 0 Å². The Morgan fingerprint density at radius 3 is 2.56 bits per heavy atom. The van der Waals surface area contributed by atoms with Gasteiger partial charge in [0, 0.05) is 16.8 Å². The fourth-order valence-electron chi connectivity index (χ4n) is 1.95. The number of benzene rings is 1. The van der Waals surface area contributed by atoms with Gasteiger partial charge in [0.2, 0.25) is 0 Å². The summed E-state index contributed by atoms with van der Waals surface area (Å²) in [6.45, 7) is 9.38. The molecule has 1 nitrogen and oxygen atoms in total. The summed E-state index contributed by atoms with van der Waals surface area (Å²) in [6, 6.07) is 8.91. The summed E-state index contributed by atoms with van der Waals surface area (Å²) in [5, 5.41) is 2.24. The van der Waals surface area contributed by atoms with Crippen LogP contribution in [-0.2, 0) is 5.41 Å². The highest BCUT2D eigenvalue weighted by Gasteiger charge is 2.20. The molecule has 18 heavy (non-hydrogen) atoms. The second-order valence-electron chi connectivity index (χ2n) is 5.61. The van der Waals surface area contributed by atoms with Gasteiger partial charge in [-0.05, 0) is 42.0 Å². The zero-order valence-corrected chi connectivity index (χ0v) is 12.4. The molecule has 0 fully saturated rings. The molecule has 1 aromatic heterocycles. The van der Waals surface area contributed by atoms with Gasteiger partial charge >= 0.3 is 0 Å². The van der Waals surface area contributed by atoms with Crippen LogP contribution in [0, 0.1) is 13.8 Å². The normalized spacial score (nSPS) is 11.8. The molecular formula is C16H21NS. The first-order chi connectivity index (χ1) is 8.44. The fraction of sp³-hybridized carbons (Fsp3) is 0.375. The molecule has 0 saturated carbocycles. The van der Waals surface area contributed by atoms with Crippen LogP contribution in [0.15, 0.2) is 29.6 Å². The first-order valence-electron chi connectivity index (χ1n) is 6.31. The lowest BCUT2D eigenvalue weighted by molar-refractivity contribution is 0.541. The van der Waals surface area contributed by atoms with Crippen molar-refractivity contribution in [2.24, 2.45) is 5.73 Å². The van der Waals surface area contributed by atoms with E-state index in [9.17, 15) is 0 Å². The Morgan fingerprint density at radius 1 is 1.17 bits per heavy atom. The standard InChI is InChI=1S/C16H21NS/c1-11-5-6-12(2)14(7-11)15-8-13(9-18-15)16(3,4)10-17/h5-9H,10,17H2,1-4H3. The van der Waals surface area contributed by atoms with Gasteiger partial charge in [-0.3, -0.25) is 0 Å². The summed E-state index contributed by atoms with van der Waals surface area (Å²) in [5.74, 6) is 0. The van der Waals surface area contributed by atoms with Crippen LogP contribution in [0.3, 0.4) is 0 Å². The van der Waals surface area contributed by atoms with E-state index < -0.39 is 0 Å². The van der Waals surface area contributed by atoms with E-state index in [0.29, 0.717) is 6.54 Å². The van der Waals surface area contributed by atoms with E-state index in [1.807, 2.05) is 11.3 Å². The van der Waals surface area contributed by atoms with Crippen LogP contribution in [-0.4, -0.2) is 6.54 Å². The molecule has 0 amide bonds. The summed E-state index contributed by atoms with van der Waals surface area (Å²) in [5.41, 5.74) is 11.2. The minimum Gasteiger partial charge on any atom is -0.330 e. The third-order valence-electron chi connectivity index (χ3n) is 3.55. The second-order valence-corrected chi connectivity index (χ2v) is 6.52. The van der Waals surface area contributed by atoms with E-state index >= 15 is 0 Å². The Labute approximate surface area is 114 Å². The van der Waals surface area contributed by atoms with Crippen LogP contribution in [0.5, 0.6) is 0 Å². The summed E-state index contributed by atoms with van der Waals surface area (Å²) < 4.78 is 0. The molecule has 2 aromatic rings. The molecule has 0 unspecified atom stereocenters. The number of hydrogen-bond acceptors (Lipinski definition) is 2. The maximum absolute atomic E-state index is 5.84. The summed E-state index contributed by atoms with van der Waals surface area (Å²) in [7, 11) is 0. The van der Waals surface area contributed by atoms with Gasteiger partial charge in [-0.15, -0.1) is 11.3 Å². The van der Waals surface area contributed by atoms with Gasteiger partial charge in [-0.1, -0.05) is 37.6 Å². The summed E-state index contributed by atoms with van der Waals surface area (Å²) >= 11 is 1.81. The van der Waals surface area contributed by atoms with Crippen molar-refractivity contribution in [1.29, 1.82) is 0 Å². The fourth-order valence-corrected chi connectivity index (χ4v) is 3.13. The molecule has 0 aliphatic carbocycles. The lowest BCUT2D eigenvalue weighted by Crippen LogP contribution is -2.27. The molecule has 2 rings (SSSR count). The van der Waals surface area contributed by atoms with Crippen molar-refractivity contribution in [3.8, 4) is 10.4 Å². The Morgan fingerprint density at radius 2 is 1.89 bits per heavy atom. The lowest BCUT2D eigenvalue weighted by atomic mass is 9.86. The van der Waals surface area contributed by atoms with Crippen LogP contribution in [0.2, 0.25) is 0 Å². The van der Waals surface area contributed by atoms with Crippen molar-refractivity contribution in [1.82, 2.24) is 0 Å². The Kier molecular flexibility index (Phi) is 3.60. The number of aryl methyl sites for hydroxylation is 2. The largest absolute Gasteiger partial charge is 0.330 e. The zero-order valence-electron chi connectivity index (χ0n) is 11.6. The van der Waals surface area contributed by atoms with Gasteiger partial charge < -0.3 is 5.73 Å². The molecule has 0 aliphatic rings. The quantitative estimate of drug-likeness (QED) is 0.875. The molecule has 1 aromatic carbocycles. The molecule has 0 radical (unpaired) electrons. The maximum Gasteiger partial charge on any atom is 0.0348 e. The Balaban J connectivity index is 2.44. The smallest absolute Gasteiger partial charge is 0.0348 e. The first kappa shape index (κ1) is 13.3. The Hall–Kier alpha value is -1.12. The molecule has 2 heteroatoms. The van der Waals surface area contributed by atoms with E-state index in [4.69, 9.17) is 5.73 Å². The predicted octanol–water partition coefficient (Wildman–Crippen LogP) is 4.27. The molecule has 1 heterocycles. The van der Waals surface area contributed by atoms with Crippen molar-refractivity contribution in [3.05, 3.63) is 46.3 Å². The third kappa shape index (κ3) is 2.50. The van der Waals surface area contributed by atoms with Gasteiger partial charge in [-0.25, -0.2) is 0 Å². The van der Waals surface area contributed by atoms with Crippen molar-refractivity contribution >= 4 is 11.3 Å². The number of thiophene rings is 1. The van der Waals surface area contributed by atoms with Crippen LogP contribution in [0.4, 0.5) is 0 Å². The molecule has 0 aliphatic heterocycles. The number of rotatable bonds is 3. The van der Waals surface area contributed by atoms with Gasteiger partial charge in [-0.2, -0.15) is 0 Å². The summed E-state index contributed by atoms with van der Waals surface area (Å²) in [4.78, 5) is 1.34. The van der Waals surface area contributed by atoms with E-state index in [0.717, 1.165) is 0 Å². The number of hydrogen-bond donors (Lipinski definition) is 1. The molecule has 0 spiro atoms. The van der Waals surface area contributed by atoms with Gasteiger partial charge in [0.15, 0.2) is 0 Å². The molecule has 0 saturated heterocycles. The minimum atomic E-state index is 0.0620. The van der Waals surface area contributed by atoms with Crippen molar-refractivity contribution < 1.29 is 0 Å². The average Bonchev–Trinajstić information content (AvgIpc) is 2.82. The van der Waals surface area contributed by atoms with Crippen molar-refractivity contribution in [3.63, 3.8) is 0 Å². The minimum absolute atomic E-state index is 0.0620. The topological polar surface area (TPSA) is 26.0 Å². The van der Waals surface area contributed by atoms with Crippen LogP contribution < -0.4 is 5.73 Å². The number of nitrogens with two attached hydrogens (primary N) is 1. The van der Waals surface area contributed by atoms with E-state index in [1.165, 1.54) is 27.1 Å². The highest BCUT2D eigenvalue weighted by atomic mass is 32.1. The predicted molar refractivity (Wildman–Crippen MR) is 81.3 cm³/mol. The SMILES string of the molecule is Cc1ccc(C)c(-c2cc(C(C)(C)CN)cs2)c1. The van der Waals surface area contributed by atoms with E-state index in [1.54, 1.807) is 0 Å².